The predicted octanol–water partition coefficient (Wildman–Crippen LogP) is 3.73. The average molecular weight is 298 g/mol. The number of nitrogen functional groups attached to an aromatic ring is 1. The first kappa shape index (κ1) is 12.7. The second-order valence-electron chi connectivity index (χ2n) is 4.87. The van der Waals surface area contributed by atoms with Gasteiger partial charge in [0.1, 0.15) is 5.82 Å². The number of anilines is 2. The van der Waals surface area contributed by atoms with E-state index in [1.165, 1.54) is 32.1 Å². The summed E-state index contributed by atoms with van der Waals surface area (Å²) in [5.41, 5.74) is 7.59. The first-order valence-electron chi connectivity index (χ1n) is 6.33. The Morgan fingerprint density at radius 2 is 2.18 bits per heavy atom. The highest BCUT2D eigenvalue weighted by atomic mass is 79.9. The van der Waals surface area contributed by atoms with Gasteiger partial charge in [-0.3, -0.25) is 0 Å². The van der Waals surface area contributed by atoms with Gasteiger partial charge in [-0.25, -0.2) is 4.98 Å². The van der Waals surface area contributed by atoms with Gasteiger partial charge in [0.15, 0.2) is 0 Å². The van der Waals surface area contributed by atoms with Crippen molar-refractivity contribution in [3.63, 3.8) is 0 Å². The lowest BCUT2D eigenvalue weighted by Gasteiger charge is -2.13. The third kappa shape index (κ3) is 3.12. The van der Waals surface area contributed by atoms with Crippen LogP contribution >= 0.6 is 15.9 Å². The molecule has 1 aromatic rings. The molecular weight excluding hydrogens is 278 g/mol. The maximum absolute atomic E-state index is 5.80. The van der Waals surface area contributed by atoms with Crippen molar-refractivity contribution in [2.24, 2.45) is 5.92 Å². The summed E-state index contributed by atoms with van der Waals surface area (Å²) >= 11 is 3.54. The molecule has 0 amide bonds. The summed E-state index contributed by atoms with van der Waals surface area (Å²) in [7, 11) is 0. The summed E-state index contributed by atoms with van der Waals surface area (Å²) in [5.74, 6) is 1.82. The zero-order chi connectivity index (χ0) is 12.3. The third-order valence-electron chi connectivity index (χ3n) is 3.62. The van der Waals surface area contributed by atoms with Gasteiger partial charge >= 0.3 is 0 Å². The smallest absolute Gasteiger partial charge is 0.140 e. The number of halogens is 1. The van der Waals surface area contributed by atoms with Gasteiger partial charge in [0.2, 0.25) is 0 Å². The van der Waals surface area contributed by atoms with Gasteiger partial charge in [0.25, 0.3) is 0 Å². The van der Waals surface area contributed by atoms with Crippen molar-refractivity contribution in [2.75, 3.05) is 17.6 Å². The molecular formula is C13H20BrN3. The number of aromatic nitrogens is 1. The van der Waals surface area contributed by atoms with Crippen LogP contribution in [0.4, 0.5) is 11.5 Å². The lowest BCUT2D eigenvalue weighted by atomic mass is 10.0. The molecule has 1 aliphatic rings. The maximum atomic E-state index is 5.80. The Hall–Kier alpha value is -0.770. The van der Waals surface area contributed by atoms with Gasteiger partial charge in [-0.05, 0) is 40.8 Å². The first-order chi connectivity index (χ1) is 8.18. The molecule has 3 N–H and O–H groups in total. The van der Waals surface area contributed by atoms with E-state index >= 15 is 0 Å². The topological polar surface area (TPSA) is 50.9 Å². The number of hydrogen-bond donors (Lipinski definition) is 2. The molecule has 0 aromatic carbocycles. The number of nitrogens with one attached hydrogen (secondary N) is 1. The van der Waals surface area contributed by atoms with Crippen LogP contribution in [-0.4, -0.2) is 11.5 Å². The Bertz CT molecular complexity index is 386. The van der Waals surface area contributed by atoms with Crippen LogP contribution in [0.2, 0.25) is 0 Å². The molecule has 0 unspecified atom stereocenters. The van der Waals surface area contributed by atoms with Gasteiger partial charge in [-0.1, -0.05) is 25.7 Å². The van der Waals surface area contributed by atoms with Gasteiger partial charge in [-0.2, -0.15) is 0 Å². The minimum atomic E-state index is 0.734. The Balaban J connectivity index is 1.88. The zero-order valence-electron chi connectivity index (χ0n) is 10.3. The molecule has 0 saturated heterocycles. The standard InChI is InChI=1S/C13H20BrN3/c1-9-11(15)8-17-13(12(9)14)16-7-6-10-4-2-3-5-10/h8,10H,2-7,15H2,1H3,(H,16,17). The van der Waals surface area contributed by atoms with E-state index in [2.05, 4.69) is 26.2 Å². The van der Waals surface area contributed by atoms with Crippen LogP contribution in [0.15, 0.2) is 10.7 Å². The summed E-state index contributed by atoms with van der Waals surface area (Å²) in [6.45, 7) is 3.00. The minimum absolute atomic E-state index is 0.734. The second-order valence-corrected chi connectivity index (χ2v) is 5.66. The quantitative estimate of drug-likeness (QED) is 0.890. The predicted molar refractivity (Wildman–Crippen MR) is 76.2 cm³/mol. The van der Waals surface area contributed by atoms with E-state index in [0.29, 0.717) is 0 Å². The molecule has 0 spiro atoms. The number of hydrogen-bond acceptors (Lipinski definition) is 3. The minimum Gasteiger partial charge on any atom is -0.397 e. The van der Waals surface area contributed by atoms with Crippen molar-refractivity contribution in [3.05, 3.63) is 16.2 Å². The summed E-state index contributed by atoms with van der Waals surface area (Å²) in [4.78, 5) is 4.32. The van der Waals surface area contributed by atoms with Crippen molar-refractivity contribution < 1.29 is 0 Å². The molecule has 1 heterocycles. The Morgan fingerprint density at radius 1 is 1.47 bits per heavy atom. The molecule has 3 nitrogen and oxygen atoms in total. The maximum Gasteiger partial charge on any atom is 0.140 e. The van der Waals surface area contributed by atoms with Gasteiger partial charge in [0, 0.05) is 6.54 Å². The lowest BCUT2D eigenvalue weighted by Crippen LogP contribution is -2.09. The average Bonchev–Trinajstić information content (AvgIpc) is 2.82. The highest BCUT2D eigenvalue weighted by Gasteiger charge is 2.14. The molecule has 0 aliphatic heterocycles. The molecule has 17 heavy (non-hydrogen) atoms. The molecule has 1 fully saturated rings. The van der Waals surface area contributed by atoms with Gasteiger partial charge < -0.3 is 11.1 Å². The molecule has 1 aliphatic carbocycles. The molecule has 0 atom stereocenters. The Labute approximate surface area is 111 Å². The summed E-state index contributed by atoms with van der Waals surface area (Å²) in [6, 6.07) is 0. The Kier molecular flexibility index (Phi) is 4.26. The van der Waals surface area contributed by atoms with E-state index < -0.39 is 0 Å². The molecule has 1 saturated carbocycles. The van der Waals surface area contributed by atoms with Crippen molar-refractivity contribution >= 4 is 27.4 Å². The van der Waals surface area contributed by atoms with Crippen LogP contribution in [0.1, 0.15) is 37.7 Å². The van der Waals surface area contributed by atoms with Crippen molar-refractivity contribution in [1.29, 1.82) is 0 Å². The summed E-state index contributed by atoms with van der Waals surface area (Å²) in [6.07, 6.45) is 8.59. The molecule has 0 bridgehead atoms. The third-order valence-corrected chi connectivity index (χ3v) is 4.59. The van der Waals surface area contributed by atoms with E-state index in [4.69, 9.17) is 5.73 Å². The lowest BCUT2D eigenvalue weighted by molar-refractivity contribution is 0.518. The normalized spacial score (nSPS) is 16.4. The number of nitrogens with two attached hydrogens (primary N) is 1. The fourth-order valence-electron chi connectivity index (χ4n) is 2.41. The number of rotatable bonds is 4. The summed E-state index contributed by atoms with van der Waals surface area (Å²) < 4.78 is 0.990. The van der Waals surface area contributed by atoms with Crippen molar-refractivity contribution in [3.8, 4) is 0 Å². The number of nitrogens with zero attached hydrogens (tertiary/aromatic N) is 1. The van der Waals surface area contributed by atoms with Gasteiger partial charge in [0.05, 0.1) is 16.4 Å². The SMILES string of the molecule is Cc1c(N)cnc(NCCC2CCCC2)c1Br. The molecule has 1 aromatic heterocycles. The van der Waals surface area contributed by atoms with Gasteiger partial charge in [-0.15, -0.1) is 0 Å². The van der Waals surface area contributed by atoms with Crippen LogP contribution in [0.25, 0.3) is 0 Å². The fraction of sp³-hybridized carbons (Fsp3) is 0.615. The van der Waals surface area contributed by atoms with E-state index in [9.17, 15) is 0 Å². The highest BCUT2D eigenvalue weighted by Crippen LogP contribution is 2.29. The molecule has 4 heteroatoms. The first-order valence-corrected chi connectivity index (χ1v) is 7.12. The van der Waals surface area contributed by atoms with Crippen molar-refractivity contribution in [1.82, 2.24) is 4.98 Å². The van der Waals surface area contributed by atoms with Crippen LogP contribution in [-0.2, 0) is 0 Å². The van der Waals surface area contributed by atoms with E-state index in [1.54, 1.807) is 6.20 Å². The highest BCUT2D eigenvalue weighted by molar-refractivity contribution is 9.10. The zero-order valence-corrected chi connectivity index (χ0v) is 11.9. The summed E-state index contributed by atoms with van der Waals surface area (Å²) in [5, 5.41) is 3.39. The fourth-order valence-corrected chi connectivity index (χ4v) is 2.88. The Morgan fingerprint density at radius 3 is 2.88 bits per heavy atom. The number of pyridine rings is 1. The van der Waals surface area contributed by atoms with Crippen molar-refractivity contribution in [2.45, 2.75) is 39.0 Å². The molecule has 2 rings (SSSR count). The van der Waals surface area contributed by atoms with E-state index in [0.717, 1.165) is 34.0 Å². The van der Waals surface area contributed by atoms with E-state index in [-0.39, 0.29) is 0 Å². The van der Waals surface area contributed by atoms with Crippen LogP contribution < -0.4 is 11.1 Å². The van der Waals surface area contributed by atoms with E-state index in [1.807, 2.05) is 6.92 Å². The van der Waals surface area contributed by atoms with Crippen LogP contribution in [0.3, 0.4) is 0 Å². The molecule has 94 valence electrons. The van der Waals surface area contributed by atoms with Crippen LogP contribution in [0, 0.1) is 12.8 Å². The second kappa shape index (κ2) is 5.71. The molecule has 0 radical (unpaired) electrons. The largest absolute Gasteiger partial charge is 0.397 e. The van der Waals surface area contributed by atoms with Crippen LogP contribution in [0.5, 0.6) is 0 Å². The monoisotopic (exact) mass is 297 g/mol.